The van der Waals surface area contributed by atoms with E-state index in [4.69, 9.17) is 0 Å². The van der Waals surface area contributed by atoms with E-state index in [2.05, 4.69) is 37.7 Å². The zero-order valence-electron chi connectivity index (χ0n) is 9.58. The van der Waals surface area contributed by atoms with Crippen LogP contribution in [-0.4, -0.2) is 49.1 Å². The predicted molar refractivity (Wildman–Crippen MR) is 58.0 cm³/mol. The van der Waals surface area contributed by atoms with Crippen LogP contribution in [0.1, 0.15) is 33.1 Å². The molecule has 0 amide bonds. The molecule has 78 valence electrons. The summed E-state index contributed by atoms with van der Waals surface area (Å²) in [5.41, 5.74) is 0. The second-order valence-corrected chi connectivity index (χ2v) is 4.67. The first-order valence-electron chi connectivity index (χ1n) is 5.51. The minimum absolute atomic E-state index is 0.795. The number of rotatable bonds is 3. The fourth-order valence-electron chi connectivity index (χ4n) is 2.23. The first-order chi connectivity index (χ1) is 6.11. The lowest BCUT2D eigenvalue weighted by Gasteiger charge is -2.39. The first-order valence-corrected chi connectivity index (χ1v) is 5.51. The van der Waals surface area contributed by atoms with Crippen LogP contribution in [0, 0.1) is 0 Å². The van der Waals surface area contributed by atoms with Gasteiger partial charge in [-0.3, -0.25) is 4.90 Å². The third-order valence-electron chi connectivity index (χ3n) is 3.18. The van der Waals surface area contributed by atoms with Crippen molar-refractivity contribution in [2.75, 3.05) is 27.2 Å². The molecule has 0 N–H and O–H groups in total. The Balaban J connectivity index is 2.35. The molecule has 0 aromatic heterocycles. The smallest absolute Gasteiger partial charge is 0.0115 e. The highest BCUT2D eigenvalue weighted by Gasteiger charge is 2.23. The van der Waals surface area contributed by atoms with Gasteiger partial charge in [-0.05, 0) is 40.8 Å². The third kappa shape index (κ3) is 3.28. The van der Waals surface area contributed by atoms with Crippen molar-refractivity contribution < 1.29 is 0 Å². The molecule has 1 rings (SSSR count). The Morgan fingerprint density at radius 3 is 2.15 bits per heavy atom. The highest BCUT2D eigenvalue weighted by Crippen LogP contribution is 2.21. The number of piperidine rings is 1. The van der Waals surface area contributed by atoms with Gasteiger partial charge in [0.25, 0.3) is 0 Å². The van der Waals surface area contributed by atoms with Gasteiger partial charge < -0.3 is 4.90 Å². The van der Waals surface area contributed by atoms with E-state index in [0.29, 0.717) is 0 Å². The van der Waals surface area contributed by atoms with Crippen LogP contribution in [0.25, 0.3) is 0 Å². The van der Waals surface area contributed by atoms with Crippen LogP contribution in [0.2, 0.25) is 0 Å². The SMILES string of the molecule is C[C@@H]1CCC[C@@H](C)N1CCN(C)C. The normalized spacial score (nSPS) is 31.2. The number of likely N-dealkylation sites (N-methyl/N-ethyl adjacent to an activating group) is 1. The maximum absolute atomic E-state index is 2.66. The van der Waals surface area contributed by atoms with Gasteiger partial charge in [0.15, 0.2) is 0 Å². The van der Waals surface area contributed by atoms with Crippen molar-refractivity contribution in [3.05, 3.63) is 0 Å². The summed E-state index contributed by atoms with van der Waals surface area (Å²) in [6, 6.07) is 1.59. The maximum atomic E-state index is 2.66. The molecular formula is C11H24N2. The fourth-order valence-corrected chi connectivity index (χ4v) is 2.23. The molecule has 0 saturated carbocycles. The molecule has 2 atom stereocenters. The van der Waals surface area contributed by atoms with Gasteiger partial charge >= 0.3 is 0 Å². The van der Waals surface area contributed by atoms with Gasteiger partial charge in [0.1, 0.15) is 0 Å². The topological polar surface area (TPSA) is 6.48 Å². The quantitative estimate of drug-likeness (QED) is 0.660. The van der Waals surface area contributed by atoms with Gasteiger partial charge in [-0.15, -0.1) is 0 Å². The van der Waals surface area contributed by atoms with Gasteiger partial charge in [-0.2, -0.15) is 0 Å². The standard InChI is InChI=1S/C11H24N2/c1-10-6-5-7-11(2)13(10)9-8-12(3)4/h10-11H,5-9H2,1-4H3/t10-,11-/m1/s1. The average Bonchev–Trinajstić information content (AvgIpc) is 2.03. The molecule has 1 saturated heterocycles. The van der Waals surface area contributed by atoms with Gasteiger partial charge in [0, 0.05) is 25.2 Å². The molecule has 0 aromatic carbocycles. The molecule has 2 nitrogen and oxygen atoms in total. The van der Waals surface area contributed by atoms with Gasteiger partial charge in [-0.1, -0.05) is 6.42 Å². The second kappa shape index (κ2) is 4.97. The Hall–Kier alpha value is -0.0800. The van der Waals surface area contributed by atoms with Crippen molar-refractivity contribution in [3.8, 4) is 0 Å². The zero-order chi connectivity index (χ0) is 9.84. The highest BCUT2D eigenvalue weighted by molar-refractivity contribution is 4.79. The van der Waals surface area contributed by atoms with Crippen LogP contribution in [-0.2, 0) is 0 Å². The molecule has 0 aliphatic carbocycles. The minimum Gasteiger partial charge on any atom is -0.308 e. The number of hydrogen-bond donors (Lipinski definition) is 0. The van der Waals surface area contributed by atoms with Gasteiger partial charge in [0.05, 0.1) is 0 Å². The summed E-state index contributed by atoms with van der Waals surface area (Å²) in [5.74, 6) is 0. The Kier molecular flexibility index (Phi) is 4.20. The van der Waals surface area contributed by atoms with E-state index in [1.807, 2.05) is 0 Å². The summed E-state index contributed by atoms with van der Waals surface area (Å²) in [6.45, 7) is 7.15. The van der Waals surface area contributed by atoms with Crippen LogP contribution >= 0.6 is 0 Å². The molecular weight excluding hydrogens is 160 g/mol. The van der Waals surface area contributed by atoms with E-state index in [1.54, 1.807) is 0 Å². The summed E-state index contributed by atoms with van der Waals surface area (Å²) in [5, 5.41) is 0. The molecule has 0 radical (unpaired) electrons. The largest absolute Gasteiger partial charge is 0.308 e. The maximum Gasteiger partial charge on any atom is 0.0115 e. The van der Waals surface area contributed by atoms with Crippen molar-refractivity contribution >= 4 is 0 Å². The lowest BCUT2D eigenvalue weighted by Crippen LogP contribution is -2.46. The lowest BCUT2D eigenvalue weighted by molar-refractivity contribution is 0.0950. The average molecular weight is 184 g/mol. The molecule has 13 heavy (non-hydrogen) atoms. The summed E-state index contributed by atoms with van der Waals surface area (Å²) in [4.78, 5) is 4.93. The molecule has 1 fully saturated rings. The van der Waals surface area contributed by atoms with Crippen LogP contribution in [0.5, 0.6) is 0 Å². The molecule has 0 bridgehead atoms. The van der Waals surface area contributed by atoms with Gasteiger partial charge in [-0.25, -0.2) is 0 Å². The molecule has 1 heterocycles. The molecule has 0 spiro atoms. The van der Waals surface area contributed by atoms with E-state index in [1.165, 1.54) is 32.4 Å². The van der Waals surface area contributed by atoms with Crippen molar-refractivity contribution in [3.63, 3.8) is 0 Å². The Morgan fingerprint density at radius 2 is 1.69 bits per heavy atom. The first kappa shape index (κ1) is 11.0. The summed E-state index contributed by atoms with van der Waals surface area (Å²) < 4.78 is 0. The van der Waals surface area contributed by atoms with E-state index < -0.39 is 0 Å². The van der Waals surface area contributed by atoms with Crippen molar-refractivity contribution in [1.82, 2.24) is 9.80 Å². The van der Waals surface area contributed by atoms with E-state index in [-0.39, 0.29) is 0 Å². The van der Waals surface area contributed by atoms with E-state index in [0.717, 1.165) is 12.1 Å². The lowest BCUT2D eigenvalue weighted by atomic mass is 9.98. The van der Waals surface area contributed by atoms with Crippen LogP contribution in [0.4, 0.5) is 0 Å². The molecule has 1 aliphatic rings. The zero-order valence-corrected chi connectivity index (χ0v) is 9.58. The summed E-state index contributed by atoms with van der Waals surface area (Å²) in [7, 11) is 4.30. The Labute approximate surface area is 82.9 Å². The Bertz CT molecular complexity index is 135. The van der Waals surface area contributed by atoms with E-state index in [9.17, 15) is 0 Å². The summed E-state index contributed by atoms with van der Waals surface area (Å²) in [6.07, 6.45) is 4.19. The van der Waals surface area contributed by atoms with Crippen molar-refractivity contribution in [2.24, 2.45) is 0 Å². The molecule has 1 aliphatic heterocycles. The van der Waals surface area contributed by atoms with Crippen LogP contribution in [0.3, 0.4) is 0 Å². The molecule has 0 unspecified atom stereocenters. The minimum atomic E-state index is 0.795. The summed E-state index contributed by atoms with van der Waals surface area (Å²) >= 11 is 0. The second-order valence-electron chi connectivity index (χ2n) is 4.67. The highest BCUT2D eigenvalue weighted by atomic mass is 15.2. The number of hydrogen-bond acceptors (Lipinski definition) is 2. The number of likely N-dealkylation sites (tertiary alicyclic amines) is 1. The monoisotopic (exact) mass is 184 g/mol. The van der Waals surface area contributed by atoms with Crippen molar-refractivity contribution in [2.45, 2.75) is 45.2 Å². The fraction of sp³-hybridized carbons (Fsp3) is 1.00. The van der Waals surface area contributed by atoms with Crippen LogP contribution in [0.15, 0.2) is 0 Å². The van der Waals surface area contributed by atoms with E-state index >= 15 is 0 Å². The van der Waals surface area contributed by atoms with Crippen LogP contribution < -0.4 is 0 Å². The van der Waals surface area contributed by atoms with Gasteiger partial charge in [0.2, 0.25) is 0 Å². The molecule has 0 aromatic rings. The number of nitrogens with zero attached hydrogens (tertiary/aromatic N) is 2. The van der Waals surface area contributed by atoms with Crippen molar-refractivity contribution in [1.29, 1.82) is 0 Å². The third-order valence-corrected chi connectivity index (χ3v) is 3.18. The molecule has 2 heteroatoms. The predicted octanol–water partition coefficient (Wildman–Crippen LogP) is 1.81. The Morgan fingerprint density at radius 1 is 1.15 bits per heavy atom.